The number of hydrogen-bond acceptors (Lipinski definition) is 5. The number of nitrogens with one attached hydrogen (secondary N) is 1. The minimum Gasteiger partial charge on any atom is -0.497 e. The van der Waals surface area contributed by atoms with E-state index >= 15 is 0 Å². The second-order valence-corrected chi connectivity index (χ2v) is 7.37. The molecule has 0 saturated carbocycles. The monoisotopic (exact) mass is 419 g/mol. The molecule has 8 nitrogen and oxygen atoms in total. The summed E-state index contributed by atoms with van der Waals surface area (Å²) in [7, 11) is 1.61. The minimum absolute atomic E-state index is 0.147. The number of carboxylic acid groups (broad SMARTS) is 1. The number of amides is 1. The van der Waals surface area contributed by atoms with Gasteiger partial charge in [0.15, 0.2) is 0 Å². The molecule has 1 aromatic heterocycles. The normalized spacial score (nSPS) is 15.0. The molecule has 8 heteroatoms. The van der Waals surface area contributed by atoms with Gasteiger partial charge in [-0.1, -0.05) is 12.1 Å². The number of rotatable bonds is 5. The number of hydrogen-bond donors (Lipinski definition) is 2. The standard InChI is InChI=1S/C23H21N3O5/c1-13(23(29)30)21(27)24-16-6-7-18-19(12-16)25-20-15(8-9-26(20)22(18)28)10-14-4-3-5-17(11-14)31-2/h3-7,10-13H,8-9H2,1-2H3,(H,24,27)(H,29,30)/b15-10+. The van der Waals surface area contributed by atoms with Crippen molar-refractivity contribution in [3.05, 3.63) is 64.2 Å². The highest BCUT2D eigenvalue weighted by Crippen LogP contribution is 2.29. The van der Waals surface area contributed by atoms with E-state index in [4.69, 9.17) is 9.84 Å². The minimum atomic E-state index is -1.21. The largest absolute Gasteiger partial charge is 0.497 e. The third-order valence-corrected chi connectivity index (χ3v) is 5.31. The van der Waals surface area contributed by atoms with E-state index in [-0.39, 0.29) is 5.56 Å². The van der Waals surface area contributed by atoms with Crippen LogP contribution < -0.4 is 15.6 Å². The van der Waals surface area contributed by atoms with Gasteiger partial charge in [0.1, 0.15) is 17.5 Å². The van der Waals surface area contributed by atoms with Gasteiger partial charge in [-0.15, -0.1) is 0 Å². The van der Waals surface area contributed by atoms with E-state index < -0.39 is 17.8 Å². The molecule has 1 aliphatic heterocycles. The molecule has 1 amide bonds. The Balaban J connectivity index is 1.73. The number of aromatic nitrogens is 2. The van der Waals surface area contributed by atoms with Crippen LogP contribution in [-0.2, 0) is 16.1 Å². The smallest absolute Gasteiger partial charge is 0.315 e. The number of anilines is 1. The predicted molar refractivity (Wildman–Crippen MR) is 117 cm³/mol. The molecule has 2 heterocycles. The Morgan fingerprint density at radius 1 is 1.26 bits per heavy atom. The van der Waals surface area contributed by atoms with Gasteiger partial charge >= 0.3 is 5.97 Å². The van der Waals surface area contributed by atoms with Crippen molar-refractivity contribution in [1.82, 2.24) is 9.55 Å². The van der Waals surface area contributed by atoms with Crippen LogP contribution in [0, 0.1) is 5.92 Å². The summed E-state index contributed by atoms with van der Waals surface area (Å²) in [5, 5.41) is 12.0. The third kappa shape index (κ3) is 3.92. The van der Waals surface area contributed by atoms with Crippen LogP contribution in [0.1, 0.15) is 24.7 Å². The van der Waals surface area contributed by atoms with E-state index in [2.05, 4.69) is 10.3 Å². The van der Waals surface area contributed by atoms with Crippen LogP contribution in [0.5, 0.6) is 5.75 Å². The zero-order valence-electron chi connectivity index (χ0n) is 17.1. The van der Waals surface area contributed by atoms with Gasteiger partial charge in [0.05, 0.1) is 18.0 Å². The van der Waals surface area contributed by atoms with E-state index in [9.17, 15) is 14.4 Å². The first kappa shape index (κ1) is 20.3. The van der Waals surface area contributed by atoms with Crippen molar-refractivity contribution >= 4 is 40.1 Å². The number of allylic oxidation sites excluding steroid dienone is 1. The van der Waals surface area contributed by atoms with Crippen LogP contribution in [-0.4, -0.2) is 33.6 Å². The Hall–Kier alpha value is -3.94. The summed E-state index contributed by atoms with van der Waals surface area (Å²) in [6.45, 7) is 1.85. The molecule has 158 valence electrons. The molecule has 4 rings (SSSR count). The number of carboxylic acids is 1. The first-order valence-electron chi connectivity index (χ1n) is 9.80. The summed E-state index contributed by atoms with van der Waals surface area (Å²) in [5.41, 5.74) is 2.56. The topological polar surface area (TPSA) is 111 Å². The highest BCUT2D eigenvalue weighted by molar-refractivity contribution is 6.04. The molecule has 31 heavy (non-hydrogen) atoms. The molecule has 0 radical (unpaired) electrons. The molecule has 0 saturated heterocycles. The second kappa shape index (κ2) is 8.06. The average Bonchev–Trinajstić information content (AvgIpc) is 3.15. The van der Waals surface area contributed by atoms with Gasteiger partial charge < -0.3 is 15.2 Å². The first-order chi connectivity index (χ1) is 14.9. The van der Waals surface area contributed by atoms with Gasteiger partial charge in [0, 0.05) is 12.2 Å². The van der Waals surface area contributed by atoms with Gasteiger partial charge in [-0.2, -0.15) is 0 Å². The van der Waals surface area contributed by atoms with E-state index in [1.807, 2.05) is 30.3 Å². The van der Waals surface area contributed by atoms with Gasteiger partial charge in [-0.05, 0) is 60.9 Å². The van der Waals surface area contributed by atoms with Crippen molar-refractivity contribution < 1.29 is 19.4 Å². The Bertz CT molecular complexity index is 1290. The van der Waals surface area contributed by atoms with Gasteiger partial charge in [0.25, 0.3) is 5.56 Å². The average molecular weight is 419 g/mol. The Labute approximate surface area is 177 Å². The van der Waals surface area contributed by atoms with Crippen LogP contribution in [0.2, 0.25) is 0 Å². The lowest BCUT2D eigenvalue weighted by Gasteiger charge is -2.10. The fourth-order valence-corrected chi connectivity index (χ4v) is 3.53. The van der Waals surface area contributed by atoms with Crippen molar-refractivity contribution in [3.63, 3.8) is 0 Å². The van der Waals surface area contributed by atoms with E-state index in [0.29, 0.717) is 35.4 Å². The van der Waals surface area contributed by atoms with E-state index in [1.165, 1.54) is 6.92 Å². The van der Waals surface area contributed by atoms with Crippen molar-refractivity contribution in [2.75, 3.05) is 12.4 Å². The molecule has 1 aliphatic rings. The maximum absolute atomic E-state index is 13.0. The number of benzene rings is 2. The zero-order valence-corrected chi connectivity index (χ0v) is 17.1. The van der Waals surface area contributed by atoms with Gasteiger partial charge in [-0.3, -0.25) is 19.0 Å². The number of carbonyl (C=O) groups excluding carboxylic acids is 1. The van der Waals surface area contributed by atoms with E-state index in [0.717, 1.165) is 16.9 Å². The lowest BCUT2D eigenvalue weighted by Crippen LogP contribution is -2.27. The number of ether oxygens (including phenoxy) is 1. The maximum atomic E-state index is 13.0. The fourth-order valence-electron chi connectivity index (χ4n) is 3.53. The zero-order chi connectivity index (χ0) is 22.1. The molecule has 0 aliphatic carbocycles. The van der Waals surface area contributed by atoms with Crippen molar-refractivity contribution in [3.8, 4) is 5.75 Å². The first-order valence-corrected chi connectivity index (χ1v) is 9.80. The van der Waals surface area contributed by atoms with E-state index in [1.54, 1.807) is 29.9 Å². The molecular weight excluding hydrogens is 398 g/mol. The molecule has 0 bridgehead atoms. The Morgan fingerprint density at radius 2 is 2.06 bits per heavy atom. The van der Waals surface area contributed by atoms with Crippen LogP contribution >= 0.6 is 0 Å². The highest BCUT2D eigenvalue weighted by Gasteiger charge is 2.23. The lowest BCUT2D eigenvalue weighted by molar-refractivity contribution is -0.144. The van der Waals surface area contributed by atoms with Crippen LogP contribution in [0.15, 0.2) is 47.3 Å². The number of methoxy groups -OCH3 is 1. The van der Waals surface area contributed by atoms with Crippen molar-refractivity contribution in [2.24, 2.45) is 5.92 Å². The third-order valence-electron chi connectivity index (χ3n) is 5.31. The molecular formula is C23H21N3O5. The van der Waals surface area contributed by atoms with Crippen molar-refractivity contribution in [2.45, 2.75) is 19.9 Å². The summed E-state index contributed by atoms with van der Waals surface area (Å²) in [5.74, 6) is -1.70. The molecule has 2 aromatic carbocycles. The second-order valence-electron chi connectivity index (χ2n) is 7.37. The molecule has 0 spiro atoms. The lowest BCUT2D eigenvalue weighted by atomic mass is 10.1. The predicted octanol–water partition coefficient (Wildman–Crippen LogP) is 3.01. The number of fused-ring (bicyclic) bond motifs is 2. The molecule has 3 aromatic rings. The summed E-state index contributed by atoms with van der Waals surface area (Å²) >= 11 is 0. The molecule has 2 N–H and O–H groups in total. The highest BCUT2D eigenvalue weighted by atomic mass is 16.5. The number of carbonyl (C=O) groups is 2. The van der Waals surface area contributed by atoms with Crippen LogP contribution in [0.25, 0.3) is 22.6 Å². The Morgan fingerprint density at radius 3 is 2.81 bits per heavy atom. The molecule has 0 fully saturated rings. The van der Waals surface area contributed by atoms with Crippen LogP contribution in [0.3, 0.4) is 0 Å². The van der Waals surface area contributed by atoms with Crippen LogP contribution in [0.4, 0.5) is 5.69 Å². The SMILES string of the molecule is COc1cccc(/C=C2\CCn3c2nc2cc(NC(=O)C(C)C(=O)O)ccc2c3=O)c1. The summed E-state index contributed by atoms with van der Waals surface area (Å²) in [6, 6.07) is 12.4. The molecule has 1 atom stereocenters. The summed E-state index contributed by atoms with van der Waals surface area (Å²) in [6.07, 6.45) is 2.66. The maximum Gasteiger partial charge on any atom is 0.315 e. The summed E-state index contributed by atoms with van der Waals surface area (Å²) < 4.78 is 6.92. The molecule has 1 unspecified atom stereocenters. The number of nitrogens with zero attached hydrogens (tertiary/aromatic N) is 2. The van der Waals surface area contributed by atoms with Gasteiger partial charge in [-0.25, -0.2) is 4.98 Å². The fraction of sp³-hybridized carbons (Fsp3) is 0.217. The summed E-state index contributed by atoms with van der Waals surface area (Å²) in [4.78, 5) is 40.7. The van der Waals surface area contributed by atoms with Gasteiger partial charge in [0.2, 0.25) is 5.91 Å². The quantitative estimate of drug-likeness (QED) is 0.615. The van der Waals surface area contributed by atoms with Crippen molar-refractivity contribution in [1.29, 1.82) is 0 Å². The Kier molecular flexibility index (Phi) is 5.29. The number of aliphatic carboxylic acids is 1.